The predicted octanol–water partition coefficient (Wildman–Crippen LogP) is 1.90. The fraction of sp³-hybridized carbons (Fsp3) is 0.167. The Morgan fingerprint density at radius 1 is 1.43 bits per heavy atom. The number of carbonyl (C=O) groups is 1. The number of ether oxygens (including phenoxy) is 2. The van der Waals surface area contributed by atoms with Crippen LogP contribution < -0.4 is 9.47 Å². The molecule has 1 N–H and O–H groups in total. The molecule has 0 bridgehead atoms. The van der Waals surface area contributed by atoms with E-state index in [0.717, 1.165) is 16.3 Å². The second-order valence-electron chi connectivity index (χ2n) is 3.97. The Morgan fingerprint density at radius 2 is 2.10 bits per heavy atom. The minimum absolute atomic E-state index is 0.125. The second-order valence-corrected chi connectivity index (χ2v) is 3.97. The van der Waals surface area contributed by atoms with Gasteiger partial charge in [-0.05, 0) is 22.6 Å². The molecule has 2 rings (SSSR count). The molecule has 0 spiro atoms. The van der Waals surface area contributed by atoms with Crippen molar-refractivity contribution in [3.05, 3.63) is 46.0 Å². The van der Waals surface area contributed by atoms with Crippen LogP contribution in [0.15, 0.2) is 30.3 Å². The molecule has 0 saturated carbocycles. The number of nitro groups is 1. The third-order valence-corrected chi connectivity index (χ3v) is 2.60. The lowest BCUT2D eigenvalue weighted by Gasteiger charge is -2.03. The van der Waals surface area contributed by atoms with Crippen molar-refractivity contribution >= 4 is 12.0 Å². The molecule has 21 heavy (non-hydrogen) atoms. The molecular formula is C12H11N3O6. The van der Waals surface area contributed by atoms with E-state index in [-0.39, 0.29) is 12.4 Å². The second kappa shape index (κ2) is 5.90. The van der Waals surface area contributed by atoms with E-state index in [4.69, 9.17) is 9.84 Å². The lowest BCUT2D eigenvalue weighted by atomic mass is 10.2. The molecule has 0 saturated heterocycles. The van der Waals surface area contributed by atoms with Gasteiger partial charge in [-0.3, -0.25) is 0 Å². The van der Waals surface area contributed by atoms with Gasteiger partial charge in [-0.25, -0.2) is 4.79 Å². The molecule has 2 aromatic rings. The summed E-state index contributed by atoms with van der Waals surface area (Å²) in [5.74, 6) is -0.0445. The first-order valence-corrected chi connectivity index (χ1v) is 5.75. The molecule has 0 atom stereocenters. The largest absolute Gasteiger partial charge is 0.512 e. The van der Waals surface area contributed by atoms with E-state index >= 15 is 0 Å². The maximum atomic E-state index is 10.7. The van der Waals surface area contributed by atoms with Crippen molar-refractivity contribution in [3.8, 4) is 11.6 Å². The number of hydrogen-bond donors (Lipinski definition) is 1. The van der Waals surface area contributed by atoms with E-state index < -0.39 is 16.9 Å². The maximum absolute atomic E-state index is 10.7. The minimum Gasteiger partial charge on any atom is -0.497 e. The van der Waals surface area contributed by atoms with Gasteiger partial charge in [-0.1, -0.05) is 12.1 Å². The minimum atomic E-state index is -1.57. The highest BCUT2D eigenvalue weighted by molar-refractivity contribution is 5.60. The van der Waals surface area contributed by atoms with Gasteiger partial charge < -0.3 is 24.7 Å². The fourth-order valence-corrected chi connectivity index (χ4v) is 1.66. The number of rotatable bonds is 5. The number of nitrogens with zero attached hydrogens (tertiary/aromatic N) is 3. The average Bonchev–Trinajstić information content (AvgIpc) is 2.82. The summed E-state index contributed by atoms with van der Waals surface area (Å²) in [5.41, 5.74) is 0.754. The molecule has 1 heterocycles. The van der Waals surface area contributed by atoms with Crippen molar-refractivity contribution in [1.29, 1.82) is 0 Å². The highest BCUT2D eigenvalue weighted by Gasteiger charge is 2.21. The normalized spacial score (nSPS) is 10.1. The molecule has 0 unspecified atom stereocenters. The Hall–Kier alpha value is -3.10. The molecule has 110 valence electrons. The zero-order valence-corrected chi connectivity index (χ0v) is 10.9. The first-order valence-electron chi connectivity index (χ1n) is 5.75. The standard InChI is InChI=1S/C12H11N3O6/c1-20-9-4-2-8(3-5-9)7-14-11(21-12(16)17)6-10(13-14)15(18)19/h2-6H,7H2,1H3,(H,16,17). The molecule has 9 nitrogen and oxygen atoms in total. The van der Waals surface area contributed by atoms with Crippen LogP contribution in [0.5, 0.6) is 11.6 Å². The zero-order chi connectivity index (χ0) is 15.4. The van der Waals surface area contributed by atoms with Gasteiger partial charge in [0.15, 0.2) is 0 Å². The van der Waals surface area contributed by atoms with Crippen molar-refractivity contribution in [3.63, 3.8) is 0 Å². The molecule has 0 aliphatic carbocycles. The highest BCUT2D eigenvalue weighted by Crippen LogP contribution is 2.21. The van der Waals surface area contributed by atoms with Crippen LogP contribution in [0.4, 0.5) is 10.6 Å². The Morgan fingerprint density at radius 3 is 2.62 bits per heavy atom. The summed E-state index contributed by atoms with van der Waals surface area (Å²) >= 11 is 0. The molecule has 0 aliphatic heterocycles. The summed E-state index contributed by atoms with van der Waals surface area (Å²) in [6, 6.07) is 7.85. The van der Waals surface area contributed by atoms with Crippen molar-refractivity contribution in [2.75, 3.05) is 7.11 Å². The quantitative estimate of drug-likeness (QED) is 0.508. The van der Waals surface area contributed by atoms with Crippen molar-refractivity contribution < 1.29 is 24.3 Å². The molecular weight excluding hydrogens is 282 g/mol. The third-order valence-electron chi connectivity index (χ3n) is 2.60. The summed E-state index contributed by atoms with van der Waals surface area (Å²) in [6.45, 7) is 0.125. The predicted molar refractivity (Wildman–Crippen MR) is 69.6 cm³/mol. The number of carboxylic acid groups (broad SMARTS) is 1. The van der Waals surface area contributed by atoms with Crippen molar-refractivity contribution in [2.24, 2.45) is 0 Å². The Kier molecular flexibility index (Phi) is 4.02. The van der Waals surface area contributed by atoms with Crippen LogP contribution in [-0.2, 0) is 6.54 Å². The molecule has 0 amide bonds. The SMILES string of the molecule is COc1ccc(Cn2nc([N+](=O)[O-])cc2OC(=O)O)cc1. The summed E-state index contributed by atoms with van der Waals surface area (Å²) in [6.07, 6.45) is -1.57. The van der Waals surface area contributed by atoms with Gasteiger partial charge in [-0.2, -0.15) is 0 Å². The van der Waals surface area contributed by atoms with E-state index in [1.807, 2.05) is 0 Å². The van der Waals surface area contributed by atoms with Gasteiger partial charge in [0.1, 0.15) is 11.8 Å². The topological polar surface area (TPSA) is 117 Å². The molecule has 9 heteroatoms. The lowest BCUT2D eigenvalue weighted by Crippen LogP contribution is -2.10. The summed E-state index contributed by atoms with van der Waals surface area (Å²) in [4.78, 5) is 20.6. The van der Waals surface area contributed by atoms with Crippen molar-refractivity contribution in [2.45, 2.75) is 6.54 Å². The molecule has 0 aliphatic rings. The van der Waals surface area contributed by atoms with Gasteiger partial charge in [-0.15, -0.1) is 4.68 Å². The molecule has 1 aromatic heterocycles. The number of benzene rings is 1. The summed E-state index contributed by atoms with van der Waals surface area (Å²) in [5, 5.41) is 23.0. The Labute approximate surface area is 118 Å². The van der Waals surface area contributed by atoms with Gasteiger partial charge >= 0.3 is 12.0 Å². The van der Waals surface area contributed by atoms with Gasteiger partial charge in [0.2, 0.25) is 0 Å². The van der Waals surface area contributed by atoms with E-state index in [9.17, 15) is 14.9 Å². The zero-order valence-electron chi connectivity index (χ0n) is 10.9. The highest BCUT2D eigenvalue weighted by atomic mass is 16.7. The van der Waals surface area contributed by atoms with Crippen LogP contribution in [0, 0.1) is 10.1 Å². The van der Waals surface area contributed by atoms with Gasteiger partial charge in [0.25, 0.3) is 5.88 Å². The van der Waals surface area contributed by atoms with Crippen LogP contribution >= 0.6 is 0 Å². The molecule has 0 radical (unpaired) electrons. The molecule has 0 fully saturated rings. The smallest absolute Gasteiger partial charge is 0.497 e. The number of hydrogen-bond acceptors (Lipinski definition) is 6. The van der Waals surface area contributed by atoms with Gasteiger partial charge in [0, 0.05) is 0 Å². The third kappa shape index (κ3) is 3.47. The van der Waals surface area contributed by atoms with E-state index in [1.165, 1.54) is 7.11 Å². The summed E-state index contributed by atoms with van der Waals surface area (Å²) in [7, 11) is 1.53. The maximum Gasteiger partial charge on any atom is 0.512 e. The van der Waals surface area contributed by atoms with Crippen molar-refractivity contribution in [1.82, 2.24) is 9.78 Å². The molecule has 1 aromatic carbocycles. The Balaban J connectivity index is 2.27. The van der Waals surface area contributed by atoms with E-state index in [0.29, 0.717) is 5.75 Å². The van der Waals surface area contributed by atoms with E-state index in [2.05, 4.69) is 9.84 Å². The van der Waals surface area contributed by atoms with Crippen LogP contribution in [0.3, 0.4) is 0 Å². The average molecular weight is 293 g/mol. The first-order chi connectivity index (χ1) is 9.99. The fourth-order valence-electron chi connectivity index (χ4n) is 1.66. The van der Waals surface area contributed by atoms with E-state index in [1.54, 1.807) is 24.3 Å². The summed E-state index contributed by atoms with van der Waals surface area (Å²) < 4.78 is 10.6. The number of aromatic nitrogens is 2. The Bertz CT molecular complexity index is 664. The van der Waals surface area contributed by atoms with Crippen LogP contribution in [-0.4, -0.2) is 33.1 Å². The van der Waals surface area contributed by atoms with Crippen LogP contribution in [0.2, 0.25) is 0 Å². The lowest BCUT2D eigenvalue weighted by molar-refractivity contribution is -0.389. The first kappa shape index (κ1) is 14.3. The monoisotopic (exact) mass is 293 g/mol. The van der Waals surface area contributed by atoms with Crippen LogP contribution in [0.25, 0.3) is 0 Å². The van der Waals surface area contributed by atoms with Crippen LogP contribution in [0.1, 0.15) is 5.56 Å². The number of methoxy groups -OCH3 is 1. The van der Waals surface area contributed by atoms with Gasteiger partial charge in [0.05, 0.1) is 18.8 Å².